The topological polar surface area (TPSA) is 24.1 Å². The molecule has 7 heavy (non-hydrogen) atoms. The van der Waals surface area contributed by atoms with Crippen molar-refractivity contribution in [1.82, 2.24) is 10.6 Å². The second-order valence-corrected chi connectivity index (χ2v) is 1.36. The fourth-order valence-electron chi connectivity index (χ4n) is 0.509. The van der Waals surface area contributed by atoms with Gasteiger partial charge in [-0.3, -0.25) is 6.54 Å². The molecule has 1 aliphatic heterocycles. The average molecular weight is 92.1 g/mol. The largest absolute Gasteiger partial charge is 1.00 e. The van der Waals surface area contributed by atoms with Gasteiger partial charge in [0, 0.05) is 6.54 Å². The Labute approximate surface area is 56.2 Å². The van der Waals surface area contributed by atoms with Crippen molar-refractivity contribution in [2.75, 3.05) is 19.6 Å². The zero-order valence-electron chi connectivity index (χ0n) is 4.70. The predicted molar refractivity (Wildman–Crippen MR) is 25.2 cm³/mol. The van der Waals surface area contributed by atoms with Crippen molar-refractivity contribution in [3.63, 3.8) is 0 Å². The molecule has 0 radical (unpaired) electrons. The van der Waals surface area contributed by atoms with Crippen molar-refractivity contribution in [2.45, 2.75) is 0 Å². The van der Waals surface area contributed by atoms with E-state index in [1.807, 2.05) is 6.54 Å². The van der Waals surface area contributed by atoms with Gasteiger partial charge in [0.15, 0.2) is 0 Å². The summed E-state index contributed by atoms with van der Waals surface area (Å²) in [5.74, 6) is 0. The second-order valence-electron chi connectivity index (χ2n) is 1.36. The molecular weight excluding hydrogens is 83.0 g/mol. The van der Waals surface area contributed by atoms with Crippen LogP contribution in [-0.4, -0.2) is 19.6 Å². The molecule has 0 aromatic rings. The number of hydrogen-bond donors (Lipinski definition) is 2. The maximum Gasteiger partial charge on any atom is 1.00 e. The van der Waals surface area contributed by atoms with Crippen LogP contribution in [0.25, 0.3) is 0 Å². The van der Waals surface area contributed by atoms with Gasteiger partial charge in [-0.25, -0.2) is 0 Å². The van der Waals surface area contributed by atoms with Crippen molar-refractivity contribution < 1.29 is 18.9 Å². The second kappa shape index (κ2) is 4.67. The van der Waals surface area contributed by atoms with Crippen LogP contribution in [0.3, 0.4) is 0 Å². The minimum absolute atomic E-state index is 0. The van der Waals surface area contributed by atoms with Crippen molar-refractivity contribution in [3.8, 4) is 0 Å². The fraction of sp³-hybridized carbons (Fsp3) is 0.750. The maximum absolute atomic E-state index is 3.17. The Bertz CT molecular complexity index is 25.2. The molecule has 1 aliphatic rings. The molecule has 1 rings (SSSR count). The third-order valence-corrected chi connectivity index (χ3v) is 0.837. The molecule has 0 unspecified atom stereocenters. The van der Waals surface area contributed by atoms with E-state index in [4.69, 9.17) is 0 Å². The molecule has 0 aliphatic carbocycles. The van der Waals surface area contributed by atoms with E-state index in [1.54, 1.807) is 0 Å². The van der Waals surface area contributed by atoms with Crippen LogP contribution in [0.1, 0.15) is 0 Å². The first-order valence-corrected chi connectivity index (χ1v) is 2.26. The number of hydrogen-bond acceptors (Lipinski definition) is 2. The normalized spacial score (nSPS) is 20.6. The zero-order chi connectivity index (χ0) is 4.24. The van der Waals surface area contributed by atoms with Crippen LogP contribution in [0.5, 0.6) is 0 Å². The van der Waals surface area contributed by atoms with Crippen molar-refractivity contribution in [3.05, 3.63) is 6.54 Å². The third-order valence-electron chi connectivity index (χ3n) is 0.837. The molecular formula is C4H9LiN2. The van der Waals surface area contributed by atoms with Gasteiger partial charge in [0.05, 0.1) is 0 Å². The maximum atomic E-state index is 3.17. The molecule has 2 N–H and O–H groups in total. The summed E-state index contributed by atoms with van der Waals surface area (Å²) < 4.78 is 0. The first kappa shape index (κ1) is 7.52. The van der Waals surface area contributed by atoms with Gasteiger partial charge in [-0.05, 0) is 6.54 Å². The van der Waals surface area contributed by atoms with E-state index in [1.165, 1.54) is 0 Å². The monoisotopic (exact) mass is 92.1 g/mol. The first-order chi connectivity index (χ1) is 3.00. The summed E-state index contributed by atoms with van der Waals surface area (Å²) in [7, 11) is 0. The van der Waals surface area contributed by atoms with Gasteiger partial charge in [0.25, 0.3) is 0 Å². The van der Waals surface area contributed by atoms with Gasteiger partial charge in [0.1, 0.15) is 0 Å². The van der Waals surface area contributed by atoms with Crippen LogP contribution < -0.4 is 29.5 Å². The third kappa shape index (κ3) is 3.13. The van der Waals surface area contributed by atoms with Crippen LogP contribution in [0.4, 0.5) is 0 Å². The van der Waals surface area contributed by atoms with Gasteiger partial charge in [-0.15, -0.1) is 6.54 Å². The van der Waals surface area contributed by atoms with E-state index >= 15 is 0 Å². The molecule has 1 fully saturated rings. The van der Waals surface area contributed by atoms with Crippen molar-refractivity contribution >= 4 is 0 Å². The van der Waals surface area contributed by atoms with Crippen LogP contribution in [0.2, 0.25) is 0 Å². The molecule has 0 aromatic carbocycles. The quantitative estimate of drug-likeness (QED) is 0.238. The summed E-state index contributed by atoms with van der Waals surface area (Å²) in [6.07, 6.45) is 0. The summed E-state index contributed by atoms with van der Waals surface area (Å²) in [5, 5.41) is 6.26. The smallest absolute Gasteiger partial charge is 0.468 e. The van der Waals surface area contributed by atoms with Crippen molar-refractivity contribution in [2.24, 2.45) is 0 Å². The summed E-state index contributed by atoms with van der Waals surface area (Å²) in [6, 6.07) is 0. The predicted octanol–water partition coefficient (Wildman–Crippen LogP) is -3.66. The molecule has 0 amide bonds. The Balaban J connectivity index is 0.000000360. The summed E-state index contributed by atoms with van der Waals surface area (Å²) in [6.45, 7) is 5.24. The van der Waals surface area contributed by atoms with E-state index < -0.39 is 0 Å². The van der Waals surface area contributed by atoms with E-state index in [2.05, 4.69) is 10.6 Å². The number of piperazine rings is 1. The Hall–Kier alpha value is 0.517. The summed E-state index contributed by atoms with van der Waals surface area (Å²) >= 11 is 0. The molecule has 0 aromatic heterocycles. The van der Waals surface area contributed by atoms with Crippen molar-refractivity contribution in [1.29, 1.82) is 0 Å². The van der Waals surface area contributed by atoms with Crippen LogP contribution in [0.15, 0.2) is 0 Å². The molecule has 1 saturated heterocycles. The molecule has 3 heteroatoms. The molecule has 0 atom stereocenters. The molecule has 0 spiro atoms. The van der Waals surface area contributed by atoms with Gasteiger partial charge >= 0.3 is 18.9 Å². The molecule has 1 heterocycles. The summed E-state index contributed by atoms with van der Waals surface area (Å²) in [4.78, 5) is 0. The van der Waals surface area contributed by atoms with Gasteiger partial charge < -0.3 is 10.6 Å². The fourth-order valence-corrected chi connectivity index (χ4v) is 0.509. The minimum Gasteiger partial charge on any atom is -0.468 e. The standard InChI is InChI=1S/C4H9N2.Li/c1-2-6-4-3-5-1;/h1,5-6H,2-4H2;/q-1;+1. The van der Waals surface area contributed by atoms with Crippen LogP contribution in [0, 0.1) is 6.54 Å². The SMILES string of the molecule is [CH-]1CNCCN1.[Li+]. The van der Waals surface area contributed by atoms with Gasteiger partial charge in [-0.1, -0.05) is 0 Å². The van der Waals surface area contributed by atoms with Crippen LogP contribution in [-0.2, 0) is 0 Å². The Morgan fingerprint density at radius 3 is 2.29 bits per heavy atom. The number of nitrogens with one attached hydrogen (secondary N) is 2. The minimum atomic E-state index is 0. The molecule has 36 valence electrons. The Kier molecular flexibility index (Phi) is 5.02. The van der Waals surface area contributed by atoms with E-state index in [9.17, 15) is 0 Å². The summed E-state index contributed by atoms with van der Waals surface area (Å²) in [5.41, 5.74) is 0. The van der Waals surface area contributed by atoms with Gasteiger partial charge in [-0.2, -0.15) is 0 Å². The molecule has 2 nitrogen and oxygen atoms in total. The van der Waals surface area contributed by atoms with Gasteiger partial charge in [0.2, 0.25) is 0 Å². The van der Waals surface area contributed by atoms with E-state index in [0.29, 0.717) is 0 Å². The zero-order valence-corrected chi connectivity index (χ0v) is 4.70. The Morgan fingerprint density at radius 2 is 2.14 bits per heavy atom. The molecule has 0 saturated carbocycles. The number of rotatable bonds is 0. The van der Waals surface area contributed by atoms with E-state index in [0.717, 1.165) is 19.6 Å². The first-order valence-electron chi connectivity index (χ1n) is 2.26. The Morgan fingerprint density at radius 1 is 1.29 bits per heavy atom. The average Bonchev–Trinajstić information content (AvgIpc) is 1.72. The van der Waals surface area contributed by atoms with E-state index in [-0.39, 0.29) is 18.9 Å². The van der Waals surface area contributed by atoms with Crippen LogP contribution >= 0.6 is 0 Å². The molecule has 0 bridgehead atoms.